The molecule has 2 rings (SSSR count). The second kappa shape index (κ2) is 10.4. The van der Waals surface area contributed by atoms with E-state index in [2.05, 4.69) is 36.3 Å². The average Bonchev–Trinajstić information content (AvgIpc) is 2.67. The Bertz CT molecular complexity index is 542. The molecular formula is C20H33N3O3. The number of nitrogens with one attached hydrogen (secondary N) is 2. The van der Waals surface area contributed by atoms with Crippen LogP contribution in [0.4, 0.5) is 4.79 Å². The zero-order valence-corrected chi connectivity index (χ0v) is 16.5. The number of ether oxygens (including phenoxy) is 2. The van der Waals surface area contributed by atoms with Crippen LogP contribution in [0.3, 0.4) is 0 Å². The van der Waals surface area contributed by atoms with Gasteiger partial charge in [0, 0.05) is 25.7 Å². The van der Waals surface area contributed by atoms with E-state index in [1.165, 1.54) is 0 Å². The summed E-state index contributed by atoms with van der Waals surface area (Å²) in [5.74, 6) is 1.29. The maximum Gasteiger partial charge on any atom is 0.315 e. The highest BCUT2D eigenvalue weighted by Crippen LogP contribution is 2.20. The van der Waals surface area contributed by atoms with Crippen LogP contribution in [0.2, 0.25) is 0 Å². The highest BCUT2D eigenvalue weighted by molar-refractivity contribution is 5.74. The molecule has 1 aromatic carbocycles. The van der Waals surface area contributed by atoms with Gasteiger partial charge in [-0.15, -0.1) is 0 Å². The zero-order chi connectivity index (χ0) is 18.9. The first kappa shape index (κ1) is 20.5. The molecule has 1 saturated heterocycles. The number of carbonyl (C=O) groups excluding carboxylic acids is 1. The summed E-state index contributed by atoms with van der Waals surface area (Å²) in [7, 11) is 1.65. The van der Waals surface area contributed by atoms with E-state index in [1.54, 1.807) is 7.11 Å². The van der Waals surface area contributed by atoms with Gasteiger partial charge in [0.1, 0.15) is 5.75 Å². The van der Waals surface area contributed by atoms with Crippen molar-refractivity contribution in [3.63, 3.8) is 0 Å². The molecule has 6 nitrogen and oxygen atoms in total. The third kappa shape index (κ3) is 5.88. The summed E-state index contributed by atoms with van der Waals surface area (Å²) < 4.78 is 10.6. The molecule has 2 amide bonds. The molecule has 1 aliphatic heterocycles. The van der Waals surface area contributed by atoms with Crippen molar-refractivity contribution < 1.29 is 14.3 Å². The number of carbonyl (C=O) groups is 1. The molecule has 1 aliphatic rings. The predicted octanol–water partition coefficient (Wildman–Crippen LogP) is 2.80. The van der Waals surface area contributed by atoms with E-state index in [4.69, 9.17) is 9.47 Å². The van der Waals surface area contributed by atoms with Crippen molar-refractivity contribution in [2.75, 3.05) is 40.0 Å². The maximum absolute atomic E-state index is 12.4. The summed E-state index contributed by atoms with van der Waals surface area (Å²) in [4.78, 5) is 14.8. The van der Waals surface area contributed by atoms with E-state index in [0.29, 0.717) is 18.5 Å². The van der Waals surface area contributed by atoms with E-state index in [1.807, 2.05) is 24.3 Å². The van der Waals surface area contributed by atoms with Crippen LogP contribution < -0.4 is 15.4 Å². The molecule has 1 heterocycles. The van der Waals surface area contributed by atoms with Gasteiger partial charge in [-0.05, 0) is 30.0 Å². The fourth-order valence-electron chi connectivity index (χ4n) is 3.36. The van der Waals surface area contributed by atoms with E-state index in [0.717, 1.165) is 44.0 Å². The van der Waals surface area contributed by atoms with Gasteiger partial charge < -0.3 is 20.1 Å². The second-order valence-corrected chi connectivity index (χ2v) is 7.05. The maximum atomic E-state index is 12.4. The van der Waals surface area contributed by atoms with Crippen LogP contribution in [0.25, 0.3) is 0 Å². The SMILES string of the molecule is CCC(NC(=O)NCC(C(C)C)N1CCOCC1)c1ccc(OC)cc1. The van der Waals surface area contributed by atoms with Gasteiger partial charge in [0.15, 0.2) is 0 Å². The molecule has 1 aromatic rings. The third-order valence-electron chi connectivity index (χ3n) is 4.99. The summed E-state index contributed by atoms with van der Waals surface area (Å²) >= 11 is 0. The van der Waals surface area contributed by atoms with Crippen molar-refractivity contribution in [2.45, 2.75) is 39.3 Å². The summed E-state index contributed by atoms with van der Waals surface area (Å²) in [6.07, 6.45) is 0.830. The monoisotopic (exact) mass is 363 g/mol. The quantitative estimate of drug-likeness (QED) is 0.745. The summed E-state index contributed by atoms with van der Waals surface area (Å²) in [5.41, 5.74) is 1.08. The molecule has 6 heteroatoms. The second-order valence-electron chi connectivity index (χ2n) is 7.05. The molecule has 0 saturated carbocycles. The Balaban J connectivity index is 1.88. The third-order valence-corrected chi connectivity index (χ3v) is 4.99. The van der Waals surface area contributed by atoms with E-state index >= 15 is 0 Å². The number of benzene rings is 1. The molecule has 0 radical (unpaired) electrons. The van der Waals surface area contributed by atoms with Gasteiger partial charge in [0.2, 0.25) is 0 Å². The van der Waals surface area contributed by atoms with Crippen molar-refractivity contribution in [3.05, 3.63) is 29.8 Å². The van der Waals surface area contributed by atoms with Crippen LogP contribution in [0.1, 0.15) is 38.8 Å². The molecule has 2 unspecified atom stereocenters. The van der Waals surface area contributed by atoms with Crippen molar-refractivity contribution in [3.8, 4) is 5.75 Å². The van der Waals surface area contributed by atoms with Crippen LogP contribution in [0.5, 0.6) is 5.75 Å². The highest BCUT2D eigenvalue weighted by Gasteiger charge is 2.24. The van der Waals surface area contributed by atoms with Gasteiger partial charge in [0.05, 0.1) is 26.4 Å². The molecule has 0 aromatic heterocycles. The van der Waals surface area contributed by atoms with E-state index in [-0.39, 0.29) is 12.1 Å². The Kier molecular flexibility index (Phi) is 8.19. The fraction of sp³-hybridized carbons (Fsp3) is 0.650. The van der Waals surface area contributed by atoms with Crippen molar-refractivity contribution in [1.82, 2.24) is 15.5 Å². The molecule has 2 N–H and O–H groups in total. The van der Waals surface area contributed by atoms with Crippen molar-refractivity contribution >= 4 is 6.03 Å². The number of amides is 2. The smallest absolute Gasteiger partial charge is 0.315 e. The molecule has 0 spiro atoms. The first-order valence-corrected chi connectivity index (χ1v) is 9.55. The Morgan fingerprint density at radius 3 is 2.42 bits per heavy atom. The van der Waals surface area contributed by atoms with Gasteiger partial charge in [0.25, 0.3) is 0 Å². The lowest BCUT2D eigenvalue weighted by Gasteiger charge is -2.37. The Morgan fingerprint density at radius 2 is 1.88 bits per heavy atom. The average molecular weight is 364 g/mol. The normalized spacial score (nSPS) is 17.6. The fourth-order valence-corrected chi connectivity index (χ4v) is 3.36. The molecule has 0 bridgehead atoms. The Labute approximate surface area is 157 Å². The van der Waals surface area contributed by atoms with Gasteiger partial charge in [-0.1, -0.05) is 32.9 Å². The Hall–Kier alpha value is -1.79. The number of methoxy groups -OCH3 is 1. The summed E-state index contributed by atoms with van der Waals surface area (Å²) in [6, 6.07) is 8.03. The standard InChI is InChI=1S/C20H33N3O3/c1-5-18(16-6-8-17(25-4)9-7-16)22-20(24)21-14-19(15(2)3)23-10-12-26-13-11-23/h6-9,15,18-19H,5,10-14H2,1-4H3,(H2,21,22,24). The van der Waals surface area contributed by atoms with Crippen molar-refractivity contribution in [2.24, 2.45) is 5.92 Å². The highest BCUT2D eigenvalue weighted by atomic mass is 16.5. The van der Waals surface area contributed by atoms with Gasteiger partial charge in [-0.2, -0.15) is 0 Å². The lowest BCUT2D eigenvalue weighted by Crippen LogP contribution is -2.52. The van der Waals surface area contributed by atoms with Crippen LogP contribution in [0.15, 0.2) is 24.3 Å². The minimum absolute atomic E-state index is 0.0122. The minimum Gasteiger partial charge on any atom is -0.497 e. The Morgan fingerprint density at radius 1 is 1.23 bits per heavy atom. The minimum atomic E-state index is -0.119. The van der Waals surface area contributed by atoms with Crippen LogP contribution in [-0.2, 0) is 4.74 Å². The number of rotatable bonds is 8. The molecule has 26 heavy (non-hydrogen) atoms. The van der Waals surface area contributed by atoms with Crippen LogP contribution in [-0.4, -0.2) is 56.9 Å². The molecular weight excluding hydrogens is 330 g/mol. The molecule has 0 aliphatic carbocycles. The predicted molar refractivity (Wildman–Crippen MR) is 104 cm³/mol. The van der Waals surface area contributed by atoms with Gasteiger partial charge >= 0.3 is 6.03 Å². The molecule has 146 valence electrons. The number of hydrogen-bond acceptors (Lipinski definition) is 4. The lowest BCUT2D eigenvalue weighted by atomic mass is 10.0. The van der Waals surface area contributed by atoms with E-state index in [9.17, 15) is 4.79 Å². The topological polar surface area (TPSA) is 62.8 Å². The van der Waals surface area contributed by atoms with Crippen LogP contribution >= 0.6 is 0 Å². The molecule has 1 fully saturated rings. The van der Waals surface area contributed by atoms with Crippen LogP contribution in [0, 0.1) is 5.92 Å². The number of hydrogen-bond donors (Lipinski definition) is 2. The van der Waals surface area contributed by atoms with E-state index < -0.39 is 0 Å². The number of urea groups is 1. The van der Waals surface area contributed by atoms with Gasteiger partial charge in [-0.25, -0.2) is 4.79 Å². The largest absolute Gasteiger partial charge is 0.497 e. The summed E-state index contributed by atoms with van der Waals surface area (Å²) in [5, 5.41) is 6.14. The lowest BCUT2D eigenvalue weighted by molar-refractivity contribution is 0.00718. The summed E-state index contributed by atoms with van der Waals surface area (Å²) in [6.45, 7) is 10.5. The number of morpholine rings is 1. The van der Waals surface area contributed by atoms with Gasteiger partial charge in [-0.3, -0.25) is 4.90 Å². The number of nitrogens with zero attached hydrogens (tertiary/aromatic N) is 1. The first-order valence-electron chi connectivity index (χ1n) is 9.55. The first-order chi connectivity index (χ1) is 12.5. The molecule has 2 atom stereocenters. The van der Waals surface area contributed by atoms with Crippen molar-refractivity contribution in [1.29, 1.82) is 0 Å². The zero-order valence-electron chi connectivity index (χ0n) is 16.5.